The lowest BCUT2D eigenvalue weighted by molar-refractivity contribution is -0.141. The Morgan fingerprint density at radius 3 is 1.62 bits per heavy atom. The number of piperidine rings is 2. The van der Waals surface area contributed by atoms with E-state index >= 15 is 0 Å². The van der Waals surface area contributed by atoms with Crippen LogP contribution in [-0.4, -0.2) is 173 Å². The number of amides is 4. The number of halogens is 1. The summed E-state index contributed by atoms with van der Waals surface area (Å²) in [5.74, 6) is 1.62. The maximum atomic E-state index is 13.6. The number of methoxy groups -OCH3 is 1. The lowest BCUT2D eigenvalue weighted by atomic mass is 9.94. The maximum Gasteiger partial charge on any atom is 0.269 e. The third kappa shape index (κ3) is 11.4. The molecular formula is C52H69ClN8O5S2. The van der Waals surface area contributed by atoms with E-state index in [1.807, 2.05) is 69.8 Å². The van der Waals surface area contributed by atoms with Gasteiger partial charge in [0.15, 0.2) is 0 Å². The highest BCUT2D eigenvalue weighted by molar-refractivity contribution is 8.03. The van der Waals surface area contributed by atoms with Gasteiger partial charge in [-0.2, -0.15) is 0 Å². The summed E-state index contributed by atoms with van der Waals surface area (Å²) in [5.41, 5.74) is 3.75. The van der Waals surface area contributed by atoms with Gasteiger partial charge in [-0.25, -0.2) is 0 Å². The second-order valence-corrected chi connectivity index (χ2v) is 21.1. The standard InChI is InChI=1S/C25H31ClN4O2S.C25H32N4O3S.C2H6/c1-27-11-13-29(14-12-27)24(31)18-6-9-28(10-7-18)25(32)22-16-23-21(8-15-33-23)30(22)17-19-4-2-3-5-20(19)26;1-32-20-4-2-18(3-5-20)17-29-21-8-15-33-23(21)16-22(29)25(31)27-11-6-19(7-12-27)24(30)28-13-9-26-10-14-28;1-2/h2-5,8,15-16,18,21,23H,6-7,9-14,17H2,1H3;2-5,8,15-16,19,21,23,26H,6-7,9-14,17H2,1H3;1-2H3. The predicted octanol–water partition coefficient (Wildman–Crippen LogP) is 6.14. The molecule has 0 aliphatic carbocycles. The van der Waals surface area contributed by atoms with Gasteiger partial charge in [0, 0.05) is 108 Å². The Bertz CT molecular complexity index is 2210. The minimum atomic E-state index is 0.0344. The number of nitrogens with zero attached hydrogens (tertiary/aromatic N) is 7. The van der Waals surface area contributed by atoms with Crippen LogP contribution in [0.4, 0.5) is 0 Å². The largest absolute Gasteiger partial charge is 0.497 e. The molecule has 8 heterocycles. The average molecular weight is 986 g/mol. The third-order valence-electron chi connectivity index (χ3n) is 14.4. The van der Waals surface area contributed by atoms with Crippen molar-refractivity contribution in [3.05, 3.63) is 111 Å². The molecule has 1 N–H and O–H groups in total. The number of rotatable bonds is 9. The molecule has 4 atom stereocenters. The number of fused-ring (bicyclic) bond motifs is 2. The van der Waals surface area contributed by atoms with Gasteiger partial charge in [-0.15, -0.1) is 23.5 Å². The van der Waals surface area contributed by atoms with Crippen molar-refractivity contribution in [2.45, 2.75) is 75.2 Å². The van der Waals surface area contributed by atoms with E-state index in [4.69, 9.17) is 16.3 Å². The summed E-state index contributed by atoms with van der Waals surface area (Å²) in [6.07, 6.45) is 11.6. The SMILES string of the molecule is CC.CN1CCN(C(=O)C2CCN(C(=O)C3=CC4SC=CC4N3Cc3ccccc3Cl)CC2)CC1.COc1ccc(CN2C(C(=O)N3CCC(C(=O)N4CCNCC4)CC3)=CC3SC=CC32)cc1. The van der Waals surface area contributed by atoms with Crippen LogP contribution in [-0.2, 0) is 32.3 Å². The topological polar surface area (TPSA) is 112 Å². The van der Waals surface area contributed by atoms with Crippen molar-refractivity contribution < 1.29 is 23.9 Å². The zero-order valence-corrected chi connectivity index (χ0v) is 42.5. The number of hydrogen-bond donors (Lipinski definition) is 1. The first-order valence-electron chi connectivity index (χ1n) is 24.7. The summed E-state index contributed by atoms with van der Waals surface area (Å²) in [5, 5.41) is 8.85. The number of carbonyl (C=O) groups excluding carboxylic acids is 4. The summed E-state index contributed by atoms with van der Waals surface area (Å²) >= 11 is 9.98. The molecule has 10 rings (SSSR count). The Hall–Kier alpha value is -4.41. The molecule has 2 aromatic rings. The second kappa shape index (κ2) is 23.5. The van der Waals surface area contributed by atoms with E-state index < -0.39 is 0 Å². The van der Waals surface area contributed by atoms with Crippen LogP contribution in [0.15, 0.2) is 95.0 Å². The molecule has 0 saturated carbocycles. The van der Waals surface area contributed by atoms with Crippen molar-refractivity contribution >= 4 is 58.8 Å². The molecule has 8 aliphatic heterocycles. The molecule has 4 saturated heterocycles. The minimum absolute atomic E-state index is 0.0344. The van der Waals surface area contributed by atoms with Crippen molar-refractivity contribution in [3.8, 4) is 5.75 Å². The number of ether oxygens (including phenoxy) is 1. The number of carbonyl (C=O) groups is 4. The van der Waals surface area contributed by atoms with Crippen LogP contribution in [0.3, 0.4) is 0 Å². The van der Waals surface area contributed by atoms with Crippen molar-refractivity contribution in [3.63, 3.8) is 0 Å². The highest BCUT2D eigenvalue weighted by Crippen LogP contribution is 2.41. The normalized spacial score (nSPS) is 25.0. The third-order valence-corrected chi connectivity index (χ3v) is 16.9. The zero-order valence-electron chi connectivity index (χ0n) is 40.1. The Balaban J connectivity index is 0.000000177. The van der Waals surface area contributed by atoms with Crippen LogP contribution < -0.4 is 10.1 Å². The fourth-order valence-corrected chi connectivity index (χ4v) is 12.7. The molecule has 4 fully saturated rings. The zero-order chi connectivity index (χ0) is 47.7. The molecule has 4 unspecified atom stereocenters. The first-order chi connectivity index (χ1) is 33.1. The van der Waals surface area contributed by atoms with Gasteiger partial charge in [-0.1, -0.05) is 67.9 Å². The summed E-state index contributed by atoms with van der Waals surface area (Å²) in [4.78, 5) is 67.6. The van der Waals surface area contributed by atoms with E-state index in [1.165, 1.54) is 0 Å². The van der Waals surface area contributed by atoms with E-state index in [9.17, 15) is 19.2 Å². The average Bonchev–Trinajstić information content (AvgIpc) is 4.20. The number of nitrogens with one attached hydrogen (secondary N) is 1. The van der Waals surface area contributed by atoms with Gasteiger partial charge < -0.3 is 44.4 Å². The molecule has 68 heavy (non-hydrogen) atoms. The van der Waals surface area contributed by atoms with Gasteiger partial charge >= 0.3 is 0 Å². The van der Waals surface area contributed by atoms with Crippen molar-refractivity contribution in [1.82, 2.24) is 39.6 Å². The molecule has 4 amide bonds. The Morgan fingerprint density at radius 2 is 1.12 bits per heavy atom. The van der Waals surface area contributed by atoms with Crippen LogP contribution >= 0.6 is 35.1 Å². The number of piperazine rings is 2. The smallest absolute Gasteiger partial charge is 0.269 e. The molecular weight excluding hydrogens is 916 g/mol. The van der Waals surface area contributed by atoms with Crippen molar-refractivity contribution in [2.24, 2.45) is 11.8 Å². The number of likely N-dealkylation sites (tertiary alicyclic amines) is 2. The van der Waals surface area contributed by atoms with Gasteiger partial charge in [0.2, 0.25) is 11.8 Å². The number of thioether (sulfide) groups is 2. The number of benzene rings is 2. The predicted molar refractivity (Wildman–Crippen MR) is 274 cm³/mol. The molecule has 0 spiro atoms. The fourth-order valence-electron chi connectivity index (χ4n) is 10.4. The van der Waals surface area contributed by atoms with Crippen LogP contribution in [0.25, 0.3) is 0 Å². The maximum absolute atomic E-state index is 13.6. The van der Waals surface area contributed by atoms with E-state index in [1.54, 1.807) is 30.6 Å². The lowest BCUT2D eigenvalue weighted by Gasteiger charge is -2.38. The van der Waals surface area contributed by atoms with Gasteiger partial charge in [-0.05, 0) is 85.0 Å². The molecule has 13 nitrogen and oxygen atoms in total. The van der Waals surface area contributed by atoms with Gasteiger partial charge in [0.1, 0.15) is 17.1 Å². The summed E-state index contributed by atoms with van der Waals surface area (Å²) in [6.45, 7) is 14.7. The second-order valence-electron chi connectivity index (χ2n) is 18.5. The Morgan fingerprint density at radius 1 is 0.632 bits per heavy atom. The molecule has 0 radical (unpaired) electrons. The first-order valence-corrected chi connectivity index (χ1v) is 26.9. The van der Waals surface area contributed by atoms with Crippen LogP contribution in [0.1, 0.15) is 50.7 Å². The molecule has 2 aromatic carbocycles. The lowest BCUT2D eigenvalue weighted by Crippen LogP contribution is -2.51. The Kier molecular flexibility index (Phi) is 17.3. The fraction of sp³-hybridized carbons (Fsp3) is 0.538. The highest BCUT2D eigenvalue weighted by atomic mass is 35.5. The molecule has 366 valence electrons. The van der Waals surface area contributed by atoms with Gasteiger partial charge in [-0.3, -0.25) is 19.2 Å². The summed E-state index contributed by atoms with van der Waals surface area (Å²) < 4.78 is 5.28. The highest BCUT2D eigenvalue weighted by Gasteiger charge is 2.43. The summed E-state index contributed by atoms with van der Waals surface area (Å²) in [7, 11) is 3.77. The quantitative estimate of drug-likeness (QED) is 0.313. The van der Waals surface area contributed by atoms with Crippen molar-refractivity contribution in [1.29, 1.82) is 0 Å². The number of hydrogen-bond acceptors (Lipinski definition) is 11. The van der Waals surface area contributed by atoms with E-state index in [2.05, 4.69) is 74.3 Å². The van der Waals surface area contributed by atoms with Crippen LogP contribution in [0.5, 0.6) is 5.75 Å². The molecule has 0 aromatic heterocycles. The minimum Gasteiger partial charge on any atom is -0.497 e. The van der Waals surface area contributed by atoms with Crippen LogP contribution in [0.2, 0.25) is 5.02 Å². The molecule has 0 bridgehead atoms. The van der Waals surface area contributed by atoms with Crippen molar-refractivity contribution in [2.75, 3.05) is 92.7 Å². The van der Waals surface area contributed by atoms with E-state index in [-0.39, 0.29) is 58.0 Å². The first kappa shape index (κ1) is 50.0. The van der Waals surface area contributed by atoms with E-state index in [0.717, 1.165) is 111 Å². The van der Waals surface area contributed by atoms with Gasteiger partial charge in [0.05, 0.1) is 29.7 Å². The van der Waals surface area contributed by atoms with Gasteiger partial charge in [0.25, 0.3) is 11.8 Å². The Labute approximate surface area is 416 Å². The molecule has 16 heteroatoms. The monoisotopic (exact) mass is 984 g/mol. The number of likely N-dealkylation sites (N-methyl/N-ethyl adjacent to an activating group) is 1. The molecule has 8 aliphatic rings. The van der Waals surface area contributed by atoms with E-state index in [0.29, 0.717) is 39.3 Å². The summed E-state index contributed by atoms with van der Waals surface area (Å²) in [6, 6.07) is 16.3. The van der Waals surface area contributed by atoms with Crippen LogP contribution in [0, 0.1) is 11.8 Å².